The van der Waals surface area contributed by atoms with Crippen LogP contribution in [0.15, 0.2) is 18.3 Å². The molecule has 27 heavy (non-hydrogen) atoms. The van der Waals surface area contributed by atoms with Crippen molar-refractivity contribution in [2.24, 2.45) is 5.73 Å². The minimum Gasteiger partial charge on any atom is -0.368 e. The molecule has 8 heteroatoms. The smallest absolute Gasteiger partial charge is 0.324 e. The van der Waals surface area contributed by atoms with Gasteiger partial charge in [0.15, 0.2) is 5.13 Å². The number of rotatable bonds is 4. The maximum Gasteiger partial charge on any atom is 0.324 e. The SMILES string of the molecule is Cc1nc(NC(=O)N2CCC[C@@]2(C)C(N)=O)sc1-c1ccnc(C2CC2)c1. The molecular formula is C19H23N5O2S. The summed E-state index contributed by atoms with van der Waals surface area (Å²) in [5.74, 6) is 0.106. The summed E-state index contributed by atoms with van der Waals surface area (Å²) in [6, 6.07) is 3.76. The van der Waals surface area contributed by atoms with Crippen LogP contribution in [0, 0.1) is 6.92 Å². The molecular weight excluding hydrogens is 362 g/mol. The van der Waals surface area contributed by atoms with Crippen molar-refractivity contribution in [3.63, 3.8) is 0 Å². The topological polar surface area (TPSA) is 101 Å². The lowest BCUT2D eigenvalue weighted by atomic mass is 9.98. The lowest BCUT2D eigenvalue weighted by Gasteiger charge is -2.31. The second-order valence-electron chi connectivity index (χ2n) is 7.50. The molecule has 0 radical (unpaired) electrons. The van der Waals surface area contributed by atoms with Gasteiger partial charge >= 0.3 is 6.03 Å². The van der Waals surface area contributed by atoms with Gasteiger partial charge in [-0.25, -0.2) is 9.78 Å². The number of urea groups is 1. The van der Waals surface area contributed by atoms with Crippen LogP contribution in [0.2, 0.25) is 0 Å². The summed E-state index contributed by atoms with van der Waals surface area (Å²) in [5.41, 5.74) is 7.64. The van der Waals surface area contributed by atoms with Crippen molar-refractivity contribution < 1.29 is 9.59 Å². The monoisotopic (exact) mass is 385 g/mol. The van der Waals surface area contributed by atoms with E-state index >= 15 is 0 Å². The summed E-state index contributed by atoms with van der Waals surface area (Å²) in [4.78, 5) is 36.0. The van der Waals surface area contributed by atoms with E-state index in [4.69, 9.17) is 5.73 Å². The highest BCUT2D eigenvalue weighted by molar-refractivity contribution is 7.19. The van der Waals surface area contributed by atoms with Gasteiger partial charge in [0.1, 0.15) is 5.54 Å². The molecule has 3 N–H and O–H groups in total. The van der Waals surface area contributed by atoms with Crippen LogP contribution in [0.4, 0.5) is 9.93 Å². The second kappa shape index (κ2) is 6.60. The molecule has 3 amide bonds. The molecule has 142 valence electrons. The molecule has 1 aliphatic heterocycles. The van der Waals surface area contributed by atoms with Crippen LogP contribution >= 0.6 is 11.3 Å². The van der Waals surface area contributed by atoms with Gasteiger partial charge in [0.05, 0.1) is 10.6 Å². The molecule has 3 heterocycles. The van der Waals surface area contributed by atoms with Gasteiger partial charge in [-0.1, -0.05) is 11.3 Å². The zero-order valence-electron chi connectivity index (χ0n) is 15.5. The van der Waals surface area contributed by atoms with Gasteiger partial charge < -0.3 is 10.6 Å². The van der Waals surface area contributed by atoms with Gasteiger partial charge in [0.25, 0.3) is 0 Å². The molecule has 1 aliphatic carbocycles. The Morgan fingerprint density at radius 2 is 2.19 bits per heavy atom. The van der Waals surface area contributed by atoms with Gasteiger partial charge in [-0.05, 0) is 57.2 Å². The molecule has 1 saturated carbocycles. The number of anilines is 1. The van der Waals surface area contributed by atoms with E-state index in [1.807, 2.05) is 19.2 Å². The molecule has 0 aromatic carbocycles. The lowest BCUT2D eigenvalue weighted by molar-refractivity contribution is -0.126. The minimum absolute atomic E-state index is 0.331. The third-order valence-corrected chi connectivity index (χ3v) is 6.59. The van der Waals surface area contributed by atoms with E-state index < -0.39 is 11.4 Å². The number of pyridine rings is 1. The number of aromatic nitrogens is 2. The van der Waals surface area contributed by atoms with Gasteiger partial charge in [-0.2, -0.15) is 0 Å². The number of nitrogens with zero attached hydrogens (tertiary/aromatic N) is 3. The molecule has 0 spiro atoms. The third kappa shape index (κ3) is 3.29. The van der Waals surface area contributed by atoms with Crippen LogP contribution in [-0.4, -0.2) is 38.9 Å². The number of hydrogen-bond donors (Lipinski definition) is 2. The highest BCUT2D eigenvalue weighted by Crippen LogP contribution is 2.41. The molecule has 1 saturated heterocycles. The van der Waals surface area contributed by atoms with E-state index in [1.54, 1.807) is 6.92 Å². The van der Waals surface area contributed by atoms with Crippen molar-refractivity contribution >= 4 is 28.4 Å². The number of nitrogens with one attached hydrogen (secondary N) is 1. The molecule has 2 fully saturated rings. The maximum absolute atomic E-state index is 12.7. The Kier molecular flexibility index (Phi) is 4.38. The molecule has 7 nitrogen and oxygen atoms in total. The number of thiazole rings is 1. The average Bonchev–Trinajstić information content (AvgIpc) is 3.31. The van der Waals surface area contributed by atoms with Crippen LogP contribution < -0.4 is 11.1 Å². The molecule has 2 aliphatic rings. The summed E-state index contributed by atoms with van der Waals surface area (Å²) in [6.45, 7) is 4.16. The van der Waals surface area contributed by atoms with Crippen molar-refractivity contribution in [3.05, 3.63) is 29.7 Å². The van der Waals surface area contributed by atoms with Crippen LogP contribution in [0.5, 0.6) is 0 Å². The predicted molar refractivity (Wildman–Crippen MR) is 105 cm³/mol. The van der Waals surface area contributed by atoms with E-state index in [2.05, 4.69) is 21.4 Å². The van der Waals surface area contributed by atoms with Crippen molar-refractivity contribution in [2.75, 3.05) is 11.9 Å². The molecule has 2 aromatic rings. The van der Waals surface area contributed by atoms with E-state index in [-0.39, 0.29) is 6.03 Å². The van der Waals surface area contributed by atoms with E-state index in [0.29, 0.717) is 24.0 Å². The average molecular weight is 385 g/mol. The zero-order chi connectivity index (χ0) is 19.2. The fourth-order valence-corrected chi connectivity index (χ4v) is 4.57. The van der Waals surface area contributed by atoms with Gasteiger partial charge in [0.2, 0.25) is 5.91 Å². The second-order valence-corrected chi connectivity index (χ2v) is 8.50. The number of carbonyl (C=O) groups is 2. The van der Waals surface area contributed by atoms with Crippen LogP contribution in [0.1, 0.15) is 49.9 Å². The Morgan fingerprint density at radius 3 is 2.89 bits per heavy atom. The Hall–Kier alpha value is -2.48. The number of amides is 3. The largest absolute Gasteiger partial charge is 0.368 e. The quantitative estimate of drug-likeness (QED) is 0.843. The number of nitrogens with two attached hydrogens (primary N) is 1. The fourth-order valence-electron chi connectivity index (χ4n) is 3.61. The van der Waals surface area contributed by atoms with Gasteiger partial charge in [-0.3, -0.25) is 15.1 Å². The number of aryl methyl sites for hydroxylation is 1. The van der Waals surface area contributed by atoms with Crippen molar-refractivity contribution in [1.82, 2.24) is 14.9 Å². The molecule has 2 aromatic heterocycles. The lowest BCUT2D eigenvalue weighted by Crippen LogP contribution is -2.55. The van der Waals surface area contributed by atoms with Crippen LogP contribution in [-0.2, 0) is 4.79 Å². The molecule has 1 atom stereocenters. The Bertz CT molecular complexity index is 907. The summed E-state index contributed by atoms with van der Waals surface area (Å²) in [5, 5.41) is 3.37. The van der Waals surface area contributed by atoms with Crippen LogP contribution in [0.3, 0.4) is 0 Å². The Balaban J connectivity index is 1.54. The molecule has 0 unspecified atom stereocenters. The number of hydrogen-bond acceptors (Lipinski definition) is 5. The molecule has 4 rings (SSSR count). The maximum atomic E-state index is 12.7. The Labute approximate surface area is 162 Å². The molecule has 0 bridgehead atoms. The fraction of sp³-hybridized carbons (Fsp3) is 0.474. The first kappa shape index (κ1) is 17.9. The summed E-state index contributed by atoms with van der Waals surface area (Å²) < 4.78 is 0. The van der Waals surface area contributed by atoms with E-state index in [1.165, 1.54) is 29.1 Å². The minimum atomic E-state index is -0.941. The number of carbonyl (C=O) groups excluding carboxylic acids is 2. The first-order chi connectivity index (χ1) is 12.9. The highest BCUT2D eigenvalue weighted by Gasteiger charge is 2.44. The first-order valence-corrected chi connectivity index (χ1v) is 10.0. The van der Waals surface area contributed by atoms with Gasteiger partial charge in [-0.15, -0.1) is 0 Å². The highest BCUT2D eigenvalue weighted by atomic mass is 32.1. The van der Waals surface area contributed by atoms with Gasteiger partial charge in [0, 0.05) is 24.4 Å². The summed E-state index contributed by atoms with van der Waals surface area (Å²) in [7, 11) is 0. The normalized spacial score (nSPS) is 22.1. The summed E-state index contributed by atoms with van der Waals surface area (Å²) >= 11 is 1.44. The van der Waals surface area contributed by atoms with Crippen molar-refractivity contribution in [2.45, 2.75) is 51.0 Å². The first-order valence-electron chi connectivity index (χ1n) is 9.21. The predicted octanol–water partition coefficient (Wildman–Crippen LogP) is 3.26. The third-order valence-electron chi connectivity index (χ3n) is 5.47. The zero-order valence-corrected chi connectivity index (χ0v) is 16.3. The van der Waals surface area contributed by atoms with E-state index in [9.17, 15) is 9.59 Å². The van der Waals surface area contributed by atoms with E-state index in [0.717, 1.165) is 28.2 Å². The van der Waals surface area contributed by atoms with Crippen LogP contribution in [0.25, 0.3) is 10.4 Å². The summed E-state index contributed by atoms with van der Waals surface area (Å²) in [6.07, 6.45) is 5.58. The Morgan fingerprint density at radius 1 is 1.41 bits per heavy atom. The standard InChI is InChI=1S/C19H23N5O2S/c1-11-15(13-6-8-21-14(10-13)12-4-5-12)27-17(22-11)23-18(26)24-9-3-7-19(24,2)16(20)25/h6,8,10,12H,3-5,7,9H2,1-2H3,(H2,20,25)(H,22,23,26)/t19-/m0/s1. The number of primary amides is 1. The number of likely N-dealkylation sites (tertiary alicyclic amines) is 1. The van der Waals surface area contributed by atoms with Crippen molar-refractivity contribution in [1.29, 1.82) is 0 Å². The van der Waals surface area contributed by atoms with Crippen molar-refractivity contribution in [3.8, 4) is 10.4 Å².